The zero-order valence-electron chi connectivity index (χ0n) is 16.8. The quantitative estimate of drug-likeness (QED) is 0.608. The first-order valence-corrected chi connectivity index (χ1v) is 11.0. The monoisotopic (exact) mass is 425 g/mol. The first kappa shape index (κ1) is 21.3. The highest BCUT2D eigenvalue weighted by Gasteiger charge is 2.17. The molecule has 0 aliphatic carbocycles. The van der Waals surface area contributed by atoms with Crippen molar-refractivity contribution < 1.29 is 13.2 Å². The third-order valence-electron chi connectivity index (χ3n) is 4.64. The summed E-state index contributed by atoms with van der Waals surface area (Å²) in [5.74, 6) is -0.382. The molecule has 0 bridgehead atoms. The van der Waals surface area contributed by atoms with Crippen LogP contribution in [-0.2, 0) is 27.8 Å². The molecule has 30 heavy (non-hydrogen) atoms. The van der Waals surface area contributed by atoms with Crippen LogP contribution in [0.25, 0.3) is 0 Å². The number of nitrogens with zero attached hydrogens (tertiary/aromatic N) is 1. The smallest absolute Gasteiger partial charge is 0.275 e. The first-order chi connectivity index (χ1) is 14.3. The lowest BCUT2D eigenvalue weighted by molar-refractivity contribution is -0.116. The Hall–Kier alpha value is -3.39. The summed E-state index contributed by atoms with van der Waals surface area (Å²) in [6.07, 6.45) is 0.897. The van der Waals surface area contributed by atoms with Crippen LogP contribution >= 0.6 is 0 Å². The van der Waals surface area contributed by atoms with Crippen molar-refractivity contribution in [2.75, 3.05) is 10.0 Å². The van der Waals surface area contributed by atoms with Crippen LogP contribution in [0, 0.1) is 6.92 Å². The fraction of sp³-hybridized carbons (Fsp3) is 0.182. The van der Waals surface area contributed by atoms with Crippen molar-refractivity contribution in [2.24, 2.45) is 0 Å². The number of benzene rings is 2. The molecule has 0 saturated carbocycles. The van der Waals surface area contributed by atoms with Gasteiger partial charge in [0.25, 0.3) is 15.6 Å². The molecule has 156 valence electrons. The van der Waals surface area contributed by atoms with Crippen molar-refractivity contribution in [3.8, 4) is 0 Å². The number of carbonyl (C=O) groups excluding carboxylic acids is 1. The Labute approximate surface area is 175 Å². The molecule has 3 rings (SSSR count). The van der Waals surface area contributed by atoms with E-state index in [1.54, 1.807) is 43.3 Å². The maximum atomic E-state index is 12.8. The third-order valence-corrected chi connectivity index (χ3v) is 6.02. The Morgan fingerprint density at radius 2 is 1.63 bits per heavy atom. The van der Waals surface area contributed by atoms with Crippen LogP contribution in [0.3, 0.4) is 0 Å². The minimum atomic E-state index is -3.91. The second kappa shape index (κ2) is 8.96. The Balaban J connectivity index is 1.80. The molecule has 1 heterocycles. The van der Waals surface area contributed by atoms with Gasteiger partial charge in [0, 0.05) is 11.4 Å². The van der Waals surface area contributed by atoms with Crippen molar-refractivity contribution in [3.63, 3.8) is 0 Å². The summed E-state index contributed by atoms with van der Waals surface area (Å²) in [5, 5.41) is 2.75. The van der Waals surface area contributed by atoms with E-state index < -0.39 is 15.6 Å². The first-order valence-electron chi connectivity index (χ1n) is 9.47. The molecule has 0 unspecified atom stereocenters. The third kappa shape index (κ3) is 4.96. The fourth-order valence-electron chi connectivity index (χ4n) is 2.92. The zero-order chi connectivity index (χ0) is 21.7. The Bertz CT molecular complexity index is 1200. The molecule has 0 aliphatic rings. The average Bonchev–Trinajstić information content (AvgIpc) is 2.74. The number of sulfonamides is 1. The van der Waals surface area contributed by atoms with Gasteiger partial charge in [-0.25, -0.2) is 8.42 Å². The molecule has 1 amide bonds. The van der Waals surface area contributed by atoms with E-state index in [0.717, 1.165) is 12.0 Å². The predicted molar refractivity (Wildman–Crippen MR) is 117 cm³/mol. The lowest BCUT2D eigenvalue weighted by Crippen LogP contribution is -2.31. The lowest BCUT2D eigenvalue weighted by atomic mass is 10.1. The molecular weight excluding hydrogens is 402 g/mol. The van der Waals surface area contributed by atoms with E-state index in [2.05, 4.69) is 10.0 Å². The average molecular weight is 426 g/mol. The van der Waals surface area contributed by atoms with Gasteiger partial charge < -0.3 is 9.88 Å². The number of hydrogen-bond acceptors (Lipinski definition) is 4. The molecule has 2 N–H and O–H groups in total. The molecule has 3 aromatic rings. The number of rotatable bonds is 7. The Kier molecular flexibility index (Phi) is 6.37. The standard InChI is InChI=1S/C22H23N3O4S/c1-3-17-10-12-18(13-11-17)23-21(26)15-25-16(2)9-14-20(22(25)27)24-30(28,29)19-7-5-4-6-8-19/h4-14,24H,3,15H2,1-2H3,(H,23,26). The van der Waals surface area contributed by atoms with E-state index in [-0.39, 0.29) is 23.0 Å². The van der Waals surface area contributed by atoms with Crippen LogP contribution in [0.15, 0.2) is 76.4 Å². The molecular formula is C22H23N3O4S. The summed E-state index contributed by atoms with van der Waals surface area (Å²) in [6.45, 7) is 3.49. The number of aryl methyl sites for hydroxylation is 2. The van der Waals surface area contributed by atoms with Crippen molar-refractivity contribution in [1.29, 1.82) is 0 Å². The molecule has 0 saturated heterocycles. The number of anilines is 2. The molecule has 0 atom stereocenters. The van der Waals surface area contributed by atoms with Crippen molar-refractivity contribution >= 4 is 27.3 Å². The number of amides is 1. The van der Waals surface area contributed by atoms with Crippen LogP contribution in [0.2, 0.25) is 0 Å². The van der Waals surface area contributed by atoms with E-state index in [1.165, 1.54) is 22.8 Å². The van der Waals surface area contributed by atoms with Crippen molar-refractivity contribution in [2.45, 2.75) is 31.7 Å². The van der Waals surface area contributed by atoms with Gasteiger partial charge in [0.1, 0.15) is 12.2 Å². The number of nitrogens with one attached hydrogen (secondary N) is 2. The normalized spacial score (nSPS) is 11.1. The number of aromatic nitrogens is 1. The lowest BCUT2D eigenvalue weighted by Gasteiger charge is -2.14. The summed E-state index contributed by atoms with van der Waals surface area (Å²) in [6, 6.07) is 18.2. The van der Waals surface area contributed by atoms with Gasteiger partial charge in [-0.3, -0.25) is 14.3 Å². The second-order valence-corrected chi connectivity index (χ2v) is 8.48. The van der Waals surface area contributed by atoms with Gasteiger partial charge in [0.15, 0.2) is 0 Å². The number of hydrogen-bond donors (Lipinski definition) is 2. The minimum Gasteiger partial charge on any atom is -0.325 e. The number of carbonyl (C=O) groups is 1. The largest absolute Gasteiger partial charge is 0.325 e. The zero-order valence-corrected chi connectivity index (χ0v) is 17.6. The summed E-state index contributed by atoms with van der Waals surface area (Å²) in [4.78, 5) is 25.3. The van der Waals surface area contributed by atoms with Gasteiger partial charge in [-0.2, -0.15) is 0 Å². The SMILES string of the molecule is CCc1ccc(NC(=O)Cn2c(C)ccc(NS(=O)(=O)c3ccccc3)c2=O)cc1. The van der Waals surface area contributed by atoms with Crippen LogP contribution in [0.4, 0.5) is 11.4 Å². The van der Waals surface area contributed by atoms with Gasteiger partial charge >= 0.3 is 0 Å². The topological polar surface area (TPSA) is 97.3 Å². The van der Waals surface area contributed by atoms with Crippen LogP contribution in [-0.4, -0.2) is 18.9 Å². The minimum absolute atomic E-state index is 0.0461. The second-order valence-electron chi connectivity index (χ2n) is 6.80. The van der Waals surface area contributed by atoms with E-state index in [4.69, 9.17) is 0 Å². The molecule has 1 aromatic heterocycles. The van der Waals surface area contributed by atoms with E-state index >= 15 is 0 Å². The van der Waals surface area contributed by atoms with Gasteiger partial charge in [0.05, 0.1) is 4.90 Å². The molecule has 0 radical (unpaired) electrons. The van der Waals surface area contributed by atoms with E-state index in [0.29, 0.717) is 11.4 Å². The molecule has 0 fully saturated rings. The molecule has 0 spiro atoms. The summed E-state index contributed by atoms with van der Waals surface area (Å²) < 4.78 is 28.6. The summed E-state index contributed by atoms with van der Waals surface area (Å²) >= 11 is 0. The maximum absolute atomic E-state index is 12.8. The van der Waals surface area contributed by atoms with E-state index in [9.17, 15) is 18.0 Å². The van der Waals surface area contributed by atoms with Crippen molar-refractivity contribution in [3.05, 3.63) is 88.3 Å². The van der Waals surface area contributed by atoms with Crippen molar-refractivity contribution in [1.82, 2.24) is 4.57 Å². The Morgan fingerprint density at radius 1 is 0.967 bits per heavy atom. The van der Waals surface area contributed by atoms with Crippen LogP contribution < -0.4 is 15.6 Å². The molecule has 7 nitrogen and oxygen atoms in total. The number of pyridine rings is 1. The van der Waals surface area contributed by atoms with Gasteiger partial charge in [0.2, 0.25) is 5.91 Å². The highest BCUT2D eigenvalue weighted by Crippen LogP contribution is 2.14. The van der Waals surface area contributed by atoms with Crippen LogP contribution in [0.1, 0.15) is 18.2 Å². The molecule has 8 heteroatoms. The summed E-state index contributed by atoms with van der Waals surface area (Å²) in [7, 11) is -3.91. The Morgan fingerprint density at radius 3 is 2.27 bits per heavy atom. The molecule has 2 aromatic carbocycles. The highest BCUT2D eigenvalue weighted by atomic mass is 32.2. The summed E-state index contributed by atoms with van der Waals surface area (Å²) in [5.41, 5.74) is 1.61. The molecule has 0 aliphatic heterocycles. The van der Waals surface area contributed by atoms with Gasteiger partial charge in [-0.05, 0) is 55.3 Å². The van der Waals surface area contributed by atoms with Crippen LogP contribution in [0.5, 0.6) is 0 Å². The van der Waals surface area contributed by atoms with E-state index in [1.807, 2.05) is 19.1 Å². The predicted octanol–water partition coefficient (Wildman–Crippen LogP) is 3.16. The van der Waals surface area contributed by atoms with Gasteiger partial charge in [-0.15, -0.1) is 0 Å². The highest BCUT2D eigenvalue weighted by molar-refractivity contribution is 7.92. The fourth-order valence-corrected chi connectivity index (χ4v) is 3.99. The van der Waals surface area contributed by atoms with Gasteiger partial charge in [-0.1, -0.05) is 37.3 Å². The maximum Gasteiger partial charge on any atom is 0.275 e.